The Balaban J connectivity index is 1.96. The van der Waals surface area contributed by atoms with Crippen molar-refractivity contribution in [2.24, 2.45) is 0 Å². The van der Waals surface area contributed by atoms with Crippen LogP contribution in [-0.4, -0.2) is 29.0 Å². The van der Waals surface area contributed by atoms with Gasteiger partial charge in [0.15, 0.2) is 0 Å². The number of aromatic nitrogens is 1. The van der Waals surface area contributed by atoms with E-state index in [0.29, 0.717) is 24.4 Å². The van der Waals surface area contributed by atoms with E-state index < -0.39 is 11.9 Å². The number of nitrogens with zero attached hydrogens (tertiary/aromatic N) is 1. The minimum atomic E-state index is -0.594. The summed E-state index contributed by atoms with van der Waals surface area (Å²) in [4.78, 5) is 37.7. The summed E-state index contributed by atoms with van der Waals surface area (Å²) in [5.41, 5.74) is 2.11. The van der Waals surface area contributed by atoms with Gasteiger partial charge in [0.2, 0.25) is 5.91 Å². The van der Waals surface area contributed by atoms with Crippen LogP contribution in [0.25, 0.3) is 5.69 Å². The molecule has 1 aromatic carbocycles. The Labute approximate surface area is 158 Å². The van der Waals surface area contributed by atoms with Crippen molar-refractivity contribution in [1.82, 2.24) is 15.2 Å². The van der Waals surface area contributed by atoms with Gasteiger partial charge in [0, 0.05) is 18.4 Å². The Morgan fingerprint density at radius 3 is 2.74 bits per heavy atom. The van der Waals surface area contributed by atoms with Crippen LogP contribution in [0.1, 0.15) is 54.1 Å². The Morgan fingerprint density at radius 2 is 2.04 bits per heavy atom. The van der Waals surface area contributed by atoms with E-state index in [4.69, 9.17) is 0 Å². The Hall–Kier alpha value is -2.89. The molecule has 1 unspecified atom stereocenters. The van der Waals surface area contributed by atoms with Gasteiger partial charge in [-0.25, -0.2) is 0 Å². The highest BCUT2D eigenvalue weighted by Crippen LogP contribution is 2.18. The molecular formula is C21H25N3O3. The maximum absolute atomic E-state index is 13.0. The van der Waals surface area contributed by atoms with E-state index >= 15 is 0 Å². The fourth-order valence-electron chi connectivity index (χ4n) is 3.28. The van der Waals surface area contributed by atoms with Crippen LogP contribution in [0.5, 0.6) is 0 Å². The molecule has 0 saturated carbocycles. The summed E-state index contributed by atoms with van der Waals surface area (Å²) >= 11 is 0. The van der Waals surface area contributed by atoms with Crippen LogP contribution in [0.2, 0.25) is 0 Å². The molecule has 0 bridgehead atoms. The van der Waals surface area contributed by atoms with Gasteiger partial charge in [-0.05, 0) is 55.0 Å². The smallest absolute Gasteiger partial charge is 0.268 e. The summed E-state index contributed by atoms with van der Waals surface area (Å²) in [6.45, 7) is 6.52. The molecule has 142 valence electrons. The fraction of sp³-hybridized carbons (Fsp3) is 0.381. The van der Waals surface area contributed by atoms with Crippen molar-refractivity contribution < 1.29 is 9.59 Å². The number of piperidine rings is 1. The van der Waals surface area contributed by atoms with E-state index in [9.17, 15) is 14.4 Å². The van der Waals surface area contributed by atoms with E-state index in [-0.39, 0.29) is 17.0 Å². The van der Waals surface area contributed by atoms with E-state index in [2.05, 4.69) is 24.5 Å². The highest BCUT2D eigenvalue weighted by molar-refractivity contribution is 5.98. The largest absolute Gasteiger partial charge is 0.354 e. The van der Waals surface area contributed by atoms with Gasteiger partial charge in [-0.1, -0.05) is 26.0 Å². The predicted octanol–water partition coefficient (Wildman–Crippen LogP) is 2.28. The van der Waals surface area contributed by atoms with Crippen molar-refractivity contribution in [1.29, 1.82) is 0 Å². The molecule has 1 aliphatic rings. The molecule has 2 aromatic rings. The summed E-state index contributed by atoms with van der Waals surface area (Å²) < 4.78 is 1.48. The summed E-state index contributed by atoms with van der Waals surface area (Å²) in [7, 11) is 0. The molecule has 27 heavy (non-hydrogen) atoms. The maximum Gasteiger partial charge on any atom is 0.268 e. The Bertz CT molecular complexity index is 931. The second kappa shape index (κ2) is 7.78. The first-order chi connectivity index (χ1) is 12.9. The van der Waals surface area contributed by atoms with Gasteiger partial charge < -0.3 is 10.6 Å². The van der Waals surface area contributed by atoms with Crippen molar-refractivity contribution in [3.63, 3.8) is 0 Å². The molecule has 3 rings (SSSR count). The number of rotatable bonds is 4. The van der Waals surface area contributed by atoms with Crippen LogP contribution < -0.4 is 16.2 Å². The minimum Gasteiger partial charge on any atom is -0.354 e. The van der Waals surface area contributed by atoms with Crippen molar-refractivity contribution in [3.05, 3.63) is 63.6 Å². The first-order valence-corrected chi connectivity index (χ1v) is 9.29. The third kappa shape index (κ3) is 3.94. The lowest BCUT2D eigenvalue weighted by Crippen LogP contribution is -2.51. The van der Waals surface area contributed by atoms with Gasteiger partial charge >= 0.3 is 0 Å². The molecule has 2 heterocycles. The lowest BCUT2D eigenvalue weighted by atomic mass is 10.0. The van der Waals surface area contributed by atoms with Gasteiger partial charge in [0.1, 0.15) is 11.6 Å². The molecular weight excluding hydrogens is 342 g/mol. The summed E-state index contributed by atoms with van der Waals surface area (Å²) in [6, 6.07) is 8.88. The quantitative estimate of drug-likeness (QED) is 0.870. The van der Waals surface area contributed by atoms with Crippen LogP contribution in [0.3, 0.4) is 0 Å². The highest BCUT2D eigenvalue weighted by atomic mass is 16.2. The maximum atomic E-state index is 13.0. The first-order valence-electron chi connectivity index (χ1n) is 9.29. The lowest BCUT2D eigenvalue weighted by molar-refractivity contribution is -0.124. The van der Waals surface area contributed by atoms with Gasteiger partial charge in [-0.2, -0.15) is 0 Å². The van der Waals surface area contributed by atoms with Crippen molar-refractivity contribution in [2.45, 2.75) is 45.6 Å². The molecule has 0 radical (unpaired) electrons. The second-order valence-corrected chi connectivity index (χ2v) is 7.26. The molecule has 1 aliphatic heterocycles. The number of hydrogen-bond donors (Lipinski definition) is 2. The molecule has 0 aliphatic carbocycles. The topological polar surface area (TPSA) is 80.2 Å². The number of hydrogen-bond acceptors (Lipinski definition) is 3. The van der Waals surface area contributed by atoms with Crippen LogP contribution in [-0.2, 0) is 4.79 Å². The molecule has 2 amide bonds. The van der Waals surface area contributed by atoms with Crippen LogP contribution in [0, 0.1) is 6.92 Å². The zero-order chi connectivity index (χ0) is 19.6. The number of carbonyl (C=O) groups is 2. The van der Waals surface area contributed by atoms with Crippen LogP contribution in [0.15, 0.2) is 41.3 Å². The van der Waals surface area contributed by atoms with E-state index in [1.165, 1.54) is 4.57 Å². The number of benzene rings is 1. The normalized spacial score (nSPS) is 16.9. The molecule has 1 atom stereocenters. The van der Waals surface area contributed by atoms with E-state index in [0.717, 1.165) is 17.7 Å². The number of aryl methyl sites for hydroxylation is 1. The molecule has 0 spiro atoms. The average Bonchev–Trinajstić information content (AvgIpc) is 2.64. The van der Waals surface area contributed by atoms with E-state index in [1.54, 1.807) is 19.2 Å². The summed E-state index contributed by atoms with van der Waals surface area (Å²) in [6.07, 6.45) is 3.06. The molecule has 6 nitrogen and oxygen atoms in total. The minimum absolute atomic E-state index is 0.0748. The first kappa shape index (κ1) is 18.9. The summed E-state index contributed by atoms with van der Waals surface area (Å²) in [5.74, 6) is -0.374. The van der Waals surface area contributed by atoms with Gasteiger partial charge in [-0.3, -0.25) is 19.0 Å². The third-order valence-electron chi connectivity index (χ3n) is 4.93. The van der Waals surface area contributed by atoms with Crippen molar-refractivity contribution in [2.75, 3.05) is 6.54 Å². The third-order valence-corrected chi connectivity index (χ3v) is 4.93. The SMILES string of the molecule is Cc1ccn(-c2cccc(C(C)C)c2)c(=O)c1C(=O)NC1CCCNC1=O. The molecule has 6 heteroatoms. The van der Waals surface area contributed by atoms with Crippen molar-refractivity contribution in [3.8, 4) is 5.69 Å². The average molecular weight is 367 g/mol. The van der Waals surface area contributed by atoms with E-state index in [1.807, 2.05) is 24.3 Å². The van der Waals surface area contributed by atoms with Gasteiger partial charge in [0.25, 0.3) is 11.5 Å². The van der Waals surface area contributed by atoms with Gasteiger partial charge in [-0.15, -0.1) is 0 Å². The number of nitrogens with one attached hydrogen (secondary N) is 2. The lowest BCUT2D eigenvalue weighted by Gasteiger charge is -2.23. The van der Waals surface area contributed by atoms with Gasteiger partial charge in [0.05, 0.1) is 0 Å². The zero-order valence-corrected chi connectivity index (χ0v) is 15.9. The molecule has 2 N–H and O–H groups in total. The van der Waals surface area contributed by atoms with Crippen LogP contribution >= 0.6 is 0 Å². The highest BCUT2D eigenvalue weighted by Gasteiger charge is 2.26. The monoisotopic (exact) mass is 367 g/mol. The molecule has 1 fully saturated rings. The Kier molecular flexibility index (Phi) is 5.44. The standard InChI is InChI=1S/C21H25N3O3/c1-13(2)15-6-4-7-16(12-15)24-11-9-14(3)18(21(24)27)20(26)23-17-8-5-10-22-19(17)25/h4,6-7,9,11-13,17H,5,8,10H2,1-3H3,(H,22,25)(H,23,26). The fourth-order valence-corrected chi connectivity index (χ4v) is 3.28. The number of amides is 2. The second-order valence-electron chi connectivity index (χ2n) is 7.26. The summed E-state index contributed by atoms with van der Waals surface area (Å²) in [5, 5.41) is 5.45. The number of pyridine rings is 1. The predicted molar refractivity (Wildman–Crippen MR) is 104 cm³/mol. The van der Waals surface area contributed by atoms with Crippen LogP contribution in [0.4, 0.5) is 0 Å². The molecule has 1 aromatic heterocycles. The molecule has 1 saturated heterocycles. The van der Waals surface area contributed by atoms with Crippen molar-refractivity contribution >= 4 is 11.8 Å². The zero-order valence-electron chi connectivity index (χ0n) is 15.9. The number of carbonyl (C=O) groups excluding carboxylic acids is 2. The Morgan fingerprint density at radius 1 is 1.26 bits per heavy atom.